The van der Waals surface area contributed by atoms with E-state index in [1.165, 1.54) is 12.1 Å². The molecule has 2 aromatic rings. The number of nitriles is 1. The van der Waals surface area contributed by atoms with E-state index in [2.05, 4.69) is 5.32 Å². The van der Waals surface area contributed by atoms with Gasteiger partial charge in [-0.05, 0) is 41.8 Å². The summed E-state index contributed by atoms with van der Waals surface area (Å²) in [5.41, 5.74) is 0.244. The minimum absolute atomic E-state index is 0.0781. The fourth-order valence-corrected chi connectivity index (χ4v) is 3.46. The molecule has 32 heavy (non-hydrogen) atoms. The zero-order chi connectivity index (χ0) is 23.1. The quantitative estimate of drug-likeness (QED) is 0.673. The van der Waals surface area contributed by atoms with Crippen molar-refractivity contribution in [3.05, 3.63) is 65.2 Å². The first-order chi connectivity index (χ1) is 15.3. The number of carbonyl (C=O) groups is 2. The number of alkyl halides is 3. The topological polar surface area (TPSA) is 82.4 Å². The molecule has 1 aliphatic heterocycles. The van der Waals surface area contributed by atoms with Crippen LogP contribution in [-0.2, 0) is 22.2 Å². The zero-order valence-corrected chi connectivity index (χ0v) is 17.2. The maximum atomic E-state index is 13.2. The zero-order valence-electron chi connectivity index (χ0n) is 17.2. The van der Waals surface area contributed by atoms with E-state index in [9.17, 15) is 22.8 Å². The molecule has 0 radical (unpaired) electrons. The van der Waals surface area contributed by atoms with E-state index in [1.807, 2.05) is 6.07 Å². The summed E-state index contributed by atoms with van der Waals surface area (Å²) in [6.07, 6.45) is -3.20. The second kappa shape index (κ2) is 10.2. The summed E-state index contributed by atoms with van der Waals surface area (Å²) < 4.78 is 44.9. The summed E-state index contributed by atoms with van der Waals surface area (Å²) in [5.74, 6) is -0.197. The average molecular weight is 445 g/mol. The van der Waals surface area contributed by atoms with Gasteiger partial charge in [0.25, 0.3) is 5.91 Å². The van der Waals surface area contributed by atoms with Crippen LogP contribution in [0.1, 0.15) is 35.6 Å². The maximum Gasteiger partial charge on any atom is 0.416 e. The van der Waals surface area contributed by atoms with Crippen molar-refractivity contribution in [2.75, 3.05) is 19.7 Å². The number of carbonyl (C=O) groups excluding carboxylic acids is 2. The van der Waals surface area contributed by atoms with Crippen molar-refractivity contribution in [3.8, 4) is 11.8 Å². The van der Waals surface area contributed by atoms with Gasteiger partial charge in [-0.25, -0.2) is 0 Å². The number of halogens is 3. The number of rotatable bonds is 8. The van der Waals surface area contributed by atoms with E-state index in [0.717, 1.165) is 17.7 Å². The molecule has 6 nitrogen and oxygen atoms in total. The van der Waals surface area contributed by atoms with Crippen molar-refractivity contribution in [2.45, 2.75) is 31.5 Å². The Labute approximate surface area is 183 Å². The lowest BCUT2D eigenvalue weighted by Gasteiger charge is -2.26. The highest BCUT2D eigenvalue weighted by molar-refractivity contribution is 5.79. The summed E-state index contributed by atoms with van der Waals surface area (Å²) in [5, 5.41) is 11.4. The lowest BCUT2D eigenvalue weighted by Crippen LogP contribution is -2.40. The van der Waals surface area contributed by atoms with Crippen molar-refractivity contribution in [1.29, 1.82) is 5.26 Å². The van der Waals surface area contributed by atoms with Crippen LogP contribution in [0.4, 0.5) is 13.2 Å². The molecular formula is C23H22F3N3O3. The van der Waals surface area contributed by atoms with Gasteiger partial charge in [0.1, 0.15) is 5.75 Å². The first-order valence-corrected chi connectivity index (χ1v) is 10.1. The number of amides is 2. The largest absolute Gasteiger partial charge is 0.484 e. The summed E-state index contributed by atoms with van der Waals surface area (Å²) >= 11 is 0. The van der Waals surface area contributed by atoms with Crippen LogP contribution in [0, 0.1) is 11.3 Å². The second-order valence-electron chi connectivity index (χ2n) is 7.45. The van der Waals surface area contributed by atoms with Crippen LogP contribution < -0.4 is 10.1 Å². The number of benzene rings is 2. The third kappa shape index (κ3) is 6.23. The van der Waals surface area contributed by atoms with Gasteiger partial charge in [0.2, 0.25) is 5.91 Å². The number of hydrogen-bond acceptors (Lipinski definition) is 4. The van der Waals surface area contributed by atoms with Crippen LogP contribution in [0.25, 0.3) is 0 Å². The molecule has 1 N–H and O–H groups in total. The van der Waals surface area contributed by atoms with Gasteiger partial charge in [-0.3, -0.25) is 9.59 Å². The molecule has 0 aliphatic carbocycles. The van der Waals surface area contributed by atoms with Crippen LogP contribution >= 0.6 is 0 Å². The average Bonchev–Trinajstić information content (AvgIpc) is 3.17. The molecule has 2 aromatic carbocycles. The fraction of sp³-hybridized carbons (Fsp3) is 0.348. The van der Waals surface area contributed by atoms with Crippen LogP contribution in [0.3, 0.4) is 0 Å². The Kier molecular flexibility index (Phi) is 7.36. The molecule has 1 fully saturated rings. The van der Waals surface area contributed by atoms with Crippen molar-refractivity contribution < 1.29 is 27.5 Å². The van der Waals surface area contributed by atoms with Crippen LogP contribution in [0.5, 0.6) is 5.75 Å². The number of ether oxygens (including phenoxy) is 1. The van der Waals surface area contributed by atoms with Crippen LogP contribution in [0.2, 0.25) is 0 Å². The van der Waals surface area contributed by atoms with Gasteiger partial charge in [-0.2, -0.15) is 18.4 Å². The van der Waals surface area contributed by atoms with Crippen molar-refractivity contribution >= 4 is 11.8 Å². The van der Waals surface area contributed by atoms with Gasteiger partial charge in [-0.1, -0.05) is 24.3 Å². The summed E-state index contributed by atoms with van der Waals surface area (Å²) in [4.78, 5) is 26.1. The molecule has 0 aromatic heterocycles. The monoisotopic (exact) mass is 445 g/mol. The molecule has 0 spiro atoms. The van der Waals surface area contributed by atoms with Crippen molar-refractivity contribution in [2.24, 2.45) is 0 Å². The summed E-state index contributed by atoms with van der Waals surface area (Å²) in [6, 6.07) is 12.6. The lowest BCUT2D eigenvalue weighted by molar-refractivity contribution is -0.137. The summed E-state index contributed by atoms with van der Waals surface area (Å²) in [7, 11) is 0. The highest BCUT2D eigenvalue weighted by Gasteiger charge is 2.32. The Morgan fingerprint density at radius 1 is 1.22 bits per heavy atom. The number of hydrogen-bond donors (Lipinski definition) is 1. The van der Waals surface area contributed by atoms with Gasteiger partial charge < -0.3 is 15.0 Å². The molecule has 3 rings (SSSR count). The van der Waals surface area contributed by atoms with Gasteiger partial charge in [0, 0.05) is 19.5 Å². The predicted molar refractivity (Wildman–Crippen MR) is 109 cm³/mol. The SMILES string of the molecule is N#CCc1ccc(OCC(=O)NC(CN2CCCC2=O)c2cccc(C(F)(F)F)c2)cc1. The van der Waals surface area contributed by atoms with E-state index in [4.69, 9.17) is 10.00 Å². The molecule has 0 bridgehead atoms. The van der Waals surface area contributed by atoms with E-state index < -0.39 is 23.7 Å². The lowest BCUT2D eigenvalue weighted by atomic mass is 10.0. The van der Waals surface area contributed by atoms with Gasteiger partial charge in [-0.15, -0.1) is 0 Å². The van der Waals surface area contributed by atoms with Gasteiger partial charge >= 0.3 is 6.18 Å². The fourth-order valence-electron chi connectivity index (χ4n) is 3.46. The second-order valence-corrected chi connectivity index (χ2v) is 7.45. The molecular weight excluding hydrogens is 423 g/mol. The van der Waals surface area contributed by atoms with Crippen molar-refractivity contribution in [1.82, 2.24) is 10.2 Å². The molecule has 1 aliphatic rings. The molecule has 1 heterocycles. The number of likely N-dealkylation sites (tertiary alicyclic amines) is 1. The normalized spacial score (nSPS) is 14.7. The van der Waals surface area contributed by atoms with E-state index in [-0.39, 0.29) is 31.0 Å². The Bertz CT molecular complexity index is 1000. The highest BCUT2D eigenvalue weighted by Crippen LogP contribution is 2.31. The first kappa shape index (κ1) is 23.1. The van der Waals surface area contributed by atoms with Gasteiger partial charge in [0.15, 0.2) is 6.61 Å². The highest BCUT2D eigenvalue weighted by atomic mass is 19.4. The third-order valence-electron chi connectivity index (χ3n) is 5.10. The number of nitrogens with zero attached hydrogens (tertiary/aromatic N) is 2. The van der Waals surface area contributed by atoms with Gasteiger partial charge in [0.05, 0.1) is 24.1 Å². The first-order valence-electron chi connectivity index (χ1n) is 10.1. The van der Waals surface area contributed by atoms with E-state index >= 15 is 0 Å². The molecule has 2 amide bonds. The minimum Gasteiger partial charge on any atom is -0.484 e. The number of nitrogens with one attached hydrogen (secondary N) is 1. The van der Waals surface area contributed by atoms with Crippen LogP contribution in [0.15, 0.2) is 48.5 Å². The van der Waals surface area contributed by atoms with Crippen LogP contribution in [-0.4, -0.2) is 36.4 Å². The molecule has 1 atom stereocenters. The Morgan fingerprint density at radius 3 is 2.59 bits per heavy atom. The van der Waals surface area contributed by atoms with E-state index in [1.54, 1.807) is 29.2 Å². The van der Waals surface area contributed by atoms with Crippen molar-refractivity contribution in [3.63, 3.8) is 0 Å². The van der Waals surface area contributed by atoms with E-state index in [0.29, 0.717) is 25.1 Å². The summed E-state index contributed by atoms with van der Waals surface area (Å²) in [6.45, 7) is 0.228. The Balaban J connectivity index is 1.70. The minimum atomic E-state index is -4.52. The molecule has 9 heteroatoms. The smallest absolute Gasteiger partial charge is 0.416 e. The molecule has 1 unspecified atom stereocenters. The standard InChI is InChI=1S/C23H22F3N3O3/c24-23(25,26)18-4-1-3-17(13-18)20(14-29-12-2-5-22(29)31)28-21(30)15-32-19-8-6-16(7-9-19)10-11-27/h1,3-4,6-9,13,20H,2,5,10,12,14-15H2,(H,28,30). The molecule has 1 saturated heterocycles. The Hall–Kier alpha value is -3.54. The predicted octanol–water partition coefficient (Wildman–Crippen LogP) is 3.63. The molecule has 168 valence electrons. The Morgan fingerprint density at radius 2 is 1.97 bits per heavy atom. The maximum absolute atomic E-state index is 13.2. The third-order valence-corrected chi connectivity index (χ3v) is 5.10. The molecule has 0 saturated carbocycles.